The Labute approximate surface area is 117 Å². The van der Waals surface area contributed by atoms with Crippen LogP contribution in [0.15, 0.2) is 12.1 Å². The molecule has 1 aromatic rings. The van der Waals surface area contributed by atoms with Gasteiger partial charge >= 0.3 is 0 Å². The standard InChI is InChI=1S/C16H28N2O/c1-12-9-14(15(19-6)10-13(12)2)18(5)8-7-16(3,4)11-17/h9-10H,7-8,11,17H2,1-6H3. The summed E-state index contributed by atoms with van der Waals surface area (Å²) in [5, 5.41) is 0. The van der Waals surface area contributed by atoms with Crippen LogP contribution in [0.4, 0.5) is 5.69 Å². The van der Waals surface area contributed by atoms with E-state index in [4.69, 9.17) is 10.5 Å². The molecule has 0 atom stereocenters. The highest BCUT2D eigenvalue weighted by Crippen LogP contribution is 2.31. The van der Waals surface area contributed by atoms with Crippen molar-refractivity contribution in [3.63, 3.8) is 0 Å². The summed E-state index contributed by atoms with van der Waals surface area (Å²) in [4.78, 5) is 2.25. The molecular weight excluding hydrogens is 236 g/mol. The van der Waals surface area contributed by atoms with Gasteiger partial charge in [0.1, 0.15) is 5.75 Å². The number of rotatable bonds is 6. The molecule has 0 fully saturated rings. The van der Waals surface area contributed by atoms with Crippen LogP contribution in [0.25, 0.3) is 0 Å². The van der Waals surface area contributed by atoms with Gasteiger partial charge in [-0.05, 0) is 55.5 Å². The first-order chi connectivity index (χ1) is 8.80. The molecule has 0 amide bonds. The predicted molar refractivity (Wildman–Crippen MR) is 83.2 cm³/mol. The summed E-state index contributed by atoms with van der Waals surface area (Å²) in [6.45, 7) is 10.3. The largest absolute Gasteiger partial charge is 0.495 e. The van der Waals surface area contributed by atoms with E-state index in [9.17, 15) is 0 Å². The van der Waals surface area contributed by atoms with Crippen LogP contribution in [-0.2, 0) is 0 Å². The van der Waals surface area contributed by atoms with Gasteiger partial charge < -0.3 is 15.4 Å². The quantitative estimate of drug-likeness (QED) is 0.858. The smallest absolute Gasteiger partial charge is 0.142 e. The van der Waals surface area contributed by atoms with Crippen molar-refractivity contribution in [3.8, 4) is 5.75 Å². The molecule has 1 rings (SSSR count). The second-order valence-corrected chi connectivity index (χ2v) is 6.15. The Morgan fingerprint density at radius 1 is 1.21 bits per heavy atom. The zero-order valence-electron chi connectivity index (χ0n) is 13.2. The van der Waals surface area contributed by atoms with Crippen LogP contribution in [0.5, 0.6) is 5.75 Å². The molecule has 0 spiro atoms. The Bertz CT molecular complexity index is 427. The van der Waals surface area contributed by atoms with Gasteiger partial charge in [0, 0.05) is 13.6 Å². The average molecular weight is 264 g/mol. The zero-order chi connectivity index (χ0) is 14.6. The first-order valence-electron chi connectivity index (χ1n) is 6.87. The van der Waals surface area contributed by atoms with Crippen LogP contribution in [0.2, 0.25) is 0 Å². The lowest BCUT2D eigenvalue weighted by Gasteiger charge is -2.28. The molecule has 0 aromatic heterocycles. The Hall–Kier alpha value is -1.22. The second-order valence-electron chi connectivity index (χ2n) is 6.15. The van der Waals surface area contributed by atoms with Crippen LogP contribution in [0.3, 0.4) is 0 Å². The third-order valence-electron chi connectivity index (χ3n) is 3.88. The fourth-order valence-electron chi connectivity index (χ4n) is 1.93. The second kappa shape index (κ2) is 6.29. The van der Waals surface area contributed by atoms with Crippen molar-refractivity contribution in [3.05, 3.63) is 23.3 Å². The highest BCUT2D eigenvalue weighted by molar-refractivity contribution is 5.61. The van der Waals surface area contributed by atoms with E-state index in [2.05, 4.69) is 51.8 Å². The highest BCUT2D eigenvalue weighted by Gasteiger charge is 2.17. The maximum absolute atomic E-state index is 5.79. The van der Waals surface area contributed by atoms with E-state index in [0.29, 0.717) is 6.54 Å². The summed E-state index contributed by atoms with van der Waals surface area (Å²) in [7, 11) is 3.84. The van der Waals surface area contributed by atoms with Crippen molar-refractivity contribution in [2.75, 3.05) is 32.1 Å². The van der Waals surface area contributed by atoms with Crippen molar-refractivity contribution < 1.29 is 4.74 Å². The van der Waals surface area contributed by atoms with Crippen LogP contribution in [0, 0.1) is 19.3 Å². The molecule has 0 saturated heterocycles. The minimum absolute atomic E-state index is 0.182. The van der Waals surface area contributed by atoms with Crippen LogP contribution < -0.4 is 15.4 Å². The van der Waals surface area contributed by atoms with E-state index >= 15 is 0 Å². The average Bonchev–Trinajstić information content (AvgIpc) is 2.38. The van der Waals surface area contributed by atoms with E-state index < -0.39 is 0 Å². The maximum atomic E-state index is 5.79. The van der Waals surface area contributed by atoms with Gasteiger partial charge in [-0.2, -0.15) is 0 Å². The van der Waals surface area contributed by atoms with Crippen molar-refractivity contribution in [1.82, 2.24) is 0 Å². The topological polar surface area (TPSA) is 38.5 Å². The fraction of sp³-hybridized carbons (Fsp3) is 0.625. The number of hydrogen-bond acceptors (Lipinski definition) is 3. The van der Waals surface area contributed by atoms with E-state index in [1.807, 2.05) is 0 Å². The molecule has 0 aliphatic heterocycles. The number of nitrogens with zero attached hydrogens (tertiary/aromatic N) is 1. The lowest BCUT2D eigenvalue weighted by Crippen LogP contribution is -2.30. The molecule has 0 aliphatic carbocycles. The third-order valence-corrected chi connectivity index (χ3v) is 3.88. The summed E-state index contributed by atoms with van der Waals surface area (Å²) in [6.07, 6.45) is 1.07. The normalized spacial score (nSPS) is 11.5. The molecule has 0 aliphatic rings. The third kappa shape index (κ3) is 4.13. The summed E-state index contributed by atoms with van der Waals surface area (Å²) >= 11 is 0. The minimum Gasteiger partial charge on any atom is -0.495 e. The summed E-state index contributed by atoms with van der Waals surface area (Å²) in [6, 6.07) is 4.30. The predicted octanol–water partition coefficient (Wildman–Crippen LogP) is 3.12. The van der Waals surface area contributed by atoms with Crippen LogP contribution >= 0.6 is 0 Å². The minimum atomic E-state index is 0.182. The zero-order valence-corrected chi connectivity index (χ0v) is 13.2. The van der Waals surface area contributed by atoms with Crippen LogP contribution in [-0.4, -0.2) is 27.2 Å². The lowest BCUT2D eigenvalue weighted by molar-refractivity contribution is 0.350. The molecule has 108 valence electrons. The lowest BCUT2D eigenvalue weighted by atomic mass is 9.89. The first kappa shape index (κ1) is 15.8. The Kier molecular flexibility index (Phi) is 5.24. The number of nitrogens with two attached hydrogens (primary N) is 1. The van der Waals surface area contributed by atoms with Crippen molar-refractivity contribution in [1.29, 1.82) is 0 Å². The van der Waals surface area contributed by atoms with Gasteiger partial charge in [-0.1, -0.05) is 13.8 Å². The van der Waals surface area contributed by atoms with Crippen molar-refractivity contribution in [2.45, 2.75) is 34.1 Å². The number of ether oxygens (including phenoxy) is 1. The van der Waals surface area contributed by atoms with Crippen LogP contribution in [0.1, 0.15) is 31.4 Å². The number of aryl methyl sites for hydroxylation is 2. The van der Waals surface area contributed by atoms with Gasteiger partial charge in [0.05, 0.1) is 12.8 Å². The molecule has 3 nitrogen and oxygen atoms in total. The van der Waals surface area contributed by atoms with Crippen molar-refractivity contribution >= 4 is 5.69 Å². The molecule has 19 heavy (non-hydrogen) atoms. The van der Waals surface area contributed by atoms with E-state index in [1.54, 1.807) is 7.11 Å². The Balaban J connectivity index is 2.87. The number of methoxy groups -OCH3 is 1. The van der Waals surface area contributed by atoms with Crippen molar-refractivity contribution in [2.24, 2.45) is 11.1 Å². The van der Waals surface area contributed by atoms with Gasteiger partial charge in [-0.3, -0.25) is 0 Å². The van der Waals surface area contributed by atoms with Gasteiger partial charge in [0.15, 0.2) is 0 Å². The van der Waals surface area contributed by atoms with E-state index in [1.165, 1.54) is 11.1 Å². The van der Waals surface area contributed by atoms with Gasteiger partial charge in [0.25, 0.3) is 0 Å². The molecule has 0 unspecified atom stereocenters. The van der Waals surface area contributed by atoms with E-state index in [-0.39, 0.29) is 5.41 Å². The van der Waals surface area contributed by atoms with E-state index in [0.717, 1.165) is 24.4 Å². The number of anilines is 1. The molecule has 0 saturated carbocycles. The summed E-state index contributed by atoms with van der Waals surface area (Å²) in [5.74, 6) is 0.941. The molecule has 1 aromatic carbocycles. The monoisotopic (exact) mass is 264 g/mol. The Morgan fingerprint density at radius 3 is 2.32 bits per heavy atom. The summed E-state index contributed by atoms with van der Waals surface area (Å²) < 4.78 is 5.49. The number of benzene rings is 1. The SMILES string of the molecule is COc1cc(C)c(C)cc1N(C)CCC(C)(C)CN. The Morgan fingerprint density at radius 2 is 1.79 bits per heavy atom. The van der Waals surface area contributed by atoms with Gasteiger partial charge in [0.2, 0.25) is 0 Å². The molecule has 2 N–H and O–H groups in total. The number of hydrogen-bond donors (Lipinski definition) is 1. The molecular formula is C16H28N2O. The molecule has 0 bridgehead atoms. The summed E-state index contributed by atoms with van der Waals surface area (Å²) in [5.41, 5.74) is 9.67. The fourth-order valence-corrected chi connectivity index (χ4v) is 1.93. The maximum Gasteiger partial charge on any atom is 0.142 e. The van der Waals surface area contributed by atoms with Gasteiger partial charge in [-0.15, -0.1) is 0 Å². The molecule has 0 radical (unpaired) electrons. The van der Waals surface area contributed by atoms with Gasteiger partial charge in [-0.25, -0.2) is 0 Å². The molecule has 3 heteroatoms. The molecule has 0 heterocycles. The highest BCUT2D eigenvalue weighted by atomic mass is 16.5. The first-order valence-corrected chi connectivity index (χ1v) is 6.87.